The lowest BCUT2D eigenvalue weighted by atomic mass is 9.82. The average molecular weight is 387 g/mol. The van der Waals surface area contributed by atoms with E-state index < -0.39 is 17.2 Å². The van der Waals surface area contributed by atoms with Gasteiger partial charge in [0.1, 0.15) is 17.0 Å². The maximum atomic E-state index is 12.6. The lowest BCUT2D eigenvalue weighted by Crippen LogP contribution is -2.53. The minimum atomic E-state index is -1.04. The van der Waals surface area contributed by atoms with Crippen molar-refractivity contribution in [1.29, 1.82) is 0 Å². The Morgan fingerprint density at radius 1 is 1.25 bits per heavy atom. The van der Waals surface area contributed by atoms with Gasteiger partial charge in [0.2, 0.25) is 0 Å². The van der Waals surface area contributed by atoms with E-state index in [9.17, 15) is 14.4 Å². The molecular formula is C21H25NO6. The van der Waals surface area contributed by atoms with Gasteiger partial charge in [-0.05, 0) is 44.5 Å². The fourth-order valence-corrected chi connectivity index (χ4v) is 3.48. The zero-order chi connectivity index (χ0) is 20.5. The van der Waals surface area contributed by atoms with Gasteiger partial charge in [0.25, 0.3) is 0 Å². The molecule has 1 fully saturated rings. The molecule has 2 heterocycles. The minimum Gasteiger partial charge on any atom is -0.486 e. The quantitative estimate of drug-likeness (QED) is 0.781. The van der Waals surface area contributed by atoms with Crippen LogP contribution in [0.15, 0.2) is 24.3 Å². The zero-order valence-electron chi connectivity index (χ0n) is 16.4. The first kappa shape index (κ1) is 19.9. The predicted molar refractivity (Wildman–Crippen MR) is 102 cm³/mol. The van der Waals surface area contributed by atoms with Gasteiger partial charge in [-0.15, -0.1) is 0 Å². The maximum absolute atomic E-state index is 12.6. The SMILES string of the molecule is CC(C)(C)OC(=O)N1CCC2(CC1)CC(=O)c1ccc(/C=C/C(=O)O)cc1O2. The van der Waals surface area contributed by atoms with Crippen molar-refractivity contribution in [3.8, 4) is 5.75 Å². The summed E-state index contributed by atoms with van der Waals surface area (Å²) in [5.74, 6) is -0.573. The van der Waals surface area contributed by atoms with E-state index >= 15 is 0 Å². The summed E-state index contributed by atoms with van der Waals surface area (Å²) >= 11 is 0. The van der Waals surface area contributed by atoms with E-state index in [4.69, 9.17) is 14.6 Å². The van der Waals surface area contributed by atoms with E-state index in [1.807, 2.05) is 20.8 Å². The highest BCUT2D eigenvalue weighted by molar-refractivity contribution is 6.00. The molecule has 0 aromatic heterocycles. The summed E-state index contributed by atoms with van der Waals surface area (Å²) < 4.78 is 11.6. The van der Waals surface area contributed by atoms with Crippen LogP contribution in [0.4, 0.5) is 4.79 Å². The van der Waals surface area contributed by atoms with Gasteiger partial charge in [0, 0.05) is 32.0 Å². The van der Waals surface area contributed by atoms with Crippen molar-refractivity contribution in [2.75, 3.05) is 13.1 Å². The van der Waals surface area contributed by atoms with Crippen LogP contribution in [0.2, 0.25) is 0 Å². The molecule has 1 aromatic carbocycles. The van der Waals surface area contributed by atoms with Crippen molar-refractivity contribution >= 4 is 23.9 Å². The molecule has 1 N–H and O–H groups in total. The Morgan fingerprint density at radius 3 is 2.54 bits per heavy atom. The molecule has 1 aromatic rings. The molecule has 7 nitrogen and oxygen atoms in total. The number of rotatable bonds is 2. The van der Waals surface area contributed by atoms with Gasteiger partial charge in [0.05, 0.1) is 12.0 Å². The van der Waals surface area contributed by atoms with Gasteiger partial charge in [-0.1, -0.05) is 6.07 Å². The number of hydrogen-bond acceptors (Lipinski definition) is 5. The minimum absolute atomic E-state index is 0.000678. The van der Waals surface area contributed by atoms with Gasteiger partial charge >= 0.3 is 12.1 Å². The molecule has 3 rings (SSSR count). The number of ether oxygens (including phenoxy) is 2. The third-order valence-corrected chi connectivity index (χ3v) is 4.86. The Bertz CT molecular complexity index is 828. The number of carboxylic acids is 1. The van der Waals surface area contributed by atoms with Crippen LogP contribution in [0.5, 0.6) is 5.75 Å². The van der Waals surface area contributed by atoms with Crippen molar-refractivity contribution in [1.82, 2.24) is 4.90 Å². The third kappa shape index (κ3) is 4.52. The maximum Gasteiger partial charge on any atom is 0.410 e. The monoisotopic (exact) mass is 387 g/mol. The van der Waals surface area contributed by atoms with Crippen LogP contribution in [-0.2, 0) is 9.53 Å². The number of Topliss-reactive ketones (excluding diaryl/α,β-unsaturated/α-hetero) is 1. The fraction of sp³-hybridized carbons (Fsp3) is 0.476. The number of likely N-dealkylation sites (tertiary alicyclic amines) is 1. The second kappa shape index (κ2) is 7.30. The number of carbonyl (C=O) groups excluding carboxylic acids is 2. The van der Waals surface area contributed by atoms with Gasteiger partial charge in [-0.25, -0.2) is 9.59 Å². The smallest absolute Gasteiger partial charge is 0.410 e. The fourth-order valence-electron chi connectivity index (χ4n) is 3.48. The van der Waals surface area contributed by atoms with E-state index in [0.29, 0.717) is 42.8 Å². The van der Waals surface area contributed by atoms with Crippen molar-refractivity contribution in [2.24, 2.45) is 0 Å². The first-order chi connectivity index (χ1) is 13.1. The molecule has 0 radical (unpaired) electrons. The molecular weight excluding hydrogens is 362 g/mol. The zero-order valence-corrected chi connectivity index (χ0v) is 16.4. The van der Waals surface area contributed by atoms with Gasteiger partial charge in [0.15, 0.2) is 5.78 Å². The Morgan fingerprint density at radius 2 is 1.93 bits per heavy atom. The summed E-state index contributed by atoms with van der Waals surface area (Å²) in [6.07, 6.45) is 3.49. The summed E-state index contributed by atoms with van der Waals surface area (Å²) in [5.41, 5.74) is -0.0371. The number of benzene rings is 1. The van der Waals surface area contributed by atoms with Crippen LogP contribution in [-0.4, -0.2) is 52.1 Å². The Balaban J connectivity index is 1.73. The number of nitrogens with zero attached hydrogens (tertiary/aromatic N) is 1. The van der Waals surface area contributed by atoms with Crippen molar-refractivity contribution in [3.63, 3.8) is 0 Å². The topological polar surface area (TPSA) is 93.1 Å². The molecule has 28 heavy (non-hydrogen) atoms. The summed E-state index contributed by atoms with van der Waals surface area (Å²) in [4.78, 5) is 37.3. The van der Waals surface area contributed by atoms with Gasteiger partial charge in [-0.2, -0.15) is 0 Å². The standard InChI is InChI=1S/C21H25NO6/c1-20(2,3)28-19(26)22-10-8-21(9-11-22)13-16(23)15-6-4-14(5-7-18(24)25)12-17(15)27-21/h4-7,12H,8-11,13H2,1-3H3,(H,24,25)/b7-5+. The number of carbonyl (C=O) groups is 3. The van der Waals surface area contributed by atoms with Crippen molar-refractivity contribution in [3.05, 3.63) is 35.4 Å². The highest BCUT2D eigenvalue weighted by Gasteiger charge is 2.44. The summed E-state index contributed by atoms with van der Waals surface area (Å²) in [7, 11) is 0. The second-order valence-corrected chi connectivity index (χ2v) is 8.28. The molecule has 0 bridgehead atoms. The number of amides is 1. The van der Waals surface area contributed by atoms with Crippen LogP contribution in [0, 0.1) is 0 Å². The summed E-state index contributed by atoms with van der Waals surface area (Å²) in [6, 6.07) is 5.05. The van der Waals surface area contributed by atoms with E-state index in [2.05, 4.69) is 0 Å². The molecule has 2 aliphatic heterocycles. The molecule has 1 saturated heterocycles. The van der Waals surface area contributed by atoms with E-state index in [1.165, 1.54) is 6.08 Å². The molecule has 0 saturated carbocycles. The van der Waals surface area contributed by atoms with E-state index in [-0.39, 0.29) is 18.3 Å². The lowest BCUT2D eigenvalue weighted by Gasteiger charge is -2.44. The summed E-state index contributed by atoms with van der Waals surface area (Å²) in [6.45, 7) is 6.39. The number of carboxylic acid groups (broad SMARTS) is 1. The predicted octanol–water partition coefficient (Wildman–Crippen LogP) is 3.52. The number of ketones is 1. The van der Waals surface area contributed by atoms with E-state index in [0.717, 1.165) is 6.08 Å². The molecule has 1 spiro atoms. The second-order valence-electron chi connectivity index (χ2n) is 8.28. The molecule has 1 amide bonds. The first-order valence-electron chi connectivity index (χ1n) is 9.32. The lowest BCUT2D eigenvalue weighted by molar-refractivity contribution is -0.131. The highest BCUT2D eigenvalue weighted by Crippen LogP contribution is 2.40. The molecule has 150 valence electrons. The number of piperidine rings is 1. The molecule has 2 aliphatic rings. The Hall–Kier alpha value is -2.83. The van der Waals surface area contributed by atoms with Gasteiger partial charge in [-0.3, -0.25) is 4.79 Å². The largest absolute Gasteiger partial charge is 0.486 e. The van der Waals surface area contributed by atoms with Crippen LogP contribution in [0.3, 0.4) is 0 Å². The number of fused-ring (bicyclic) bond motifs is 1. The molecule has 0 aliphatic carbocycles. The number of aliphatic carboxylic acids is 1. The number of hydrogen-bond donors (Lipinski definition) is 1. The van der Waals surface area contributed by atoms with Crippen LogP contribution < -0.4 is 4.74 Å². The average Bonchev–Trinajstić information content (AvgIpc) is 2.58. The van der Waals surface area contributed by atoms with Crippen molar-refractivity contribution in [2.45, 2.75) is 51.2 Å². The Kier molecular flexibility index (Phi) is 5.19. The highest BCUT2D eigenvalue weighted by atomic mass is 16.6. The van der Waals surface area contributed by atoms with Crippen LogP contribution >= 0.6 is 0 Å². The summed E-state index contributed by atoms with van der Waals surface area (Å²) in [5, 5.41) is 8.78. The van der Waals surface area contributed by atoms with Gasteiger partial charge < -0.3 is 19.5 Å². The normalized spacial score (nSPS) is 18.7. The molecule has 0 unspecified atom stereocenters. The Labute approximate surface area is 163 Å². The van der Waals surface area contributed by atoms with Crippen LogP contribution in [0.25, 0.3) is 6.08 Å². The molecule has 7 heteroatoms. The third-order valence-electron chi connectivity index (χ3n) is 4.86. The van der Waals surface area contributed by atoms with Crippen molar-refractivity contribution < 1.29 is 29.0 Å². The first-order valence-corrected chi connectivity index (χ1v) is 9.32. The van der Waals surface area contributed by atoms with Crippen LogP contribution in [0.1, 0.15) is 56.0 Å². The molecule has 0 atom stereocenters. The van der Waals surface area contributed by atoms with E-state index in [1.54, 1.807) is 23.1 Å².